The Labute approximate surface area is 136 Å². The first-order chi connectivity index (χ1) is 10.7. The number of benzene rings is 1. The molecular weight excluding hydrogens is 314 g/mol. The second kappa shape index (κ2) is 5.49. The molecule has 1 aromatic carbocycles. The summed E-state index contributed by atoms with van der Waals surface area (Å²) >= 11 is 0. The van der Waals surface area contributed by atoms with Crippen molar-refractivity contribution in [3.8, 4) is 0 Å². The van der Waals surface area contributed by atoms with Crippen LogP contribution in [0, 0.1) is 12.8 Å². The molecule has 0 bridgehead atoms. The zero-order valence-corrected chi connectivity index (χ0v) is 14.3. The fourth-order valence-corrected chi connectivity index (χ4v) is 4.29. The lowest BCUT2D eigenvalue weighted by Crippen LogP contribution is -2.34. The van der Waals surface area contributed by atoms with Crippen LogP contribution in [0.5, 0.6) is 0 Å². The van der Waals surface area contributed by atoms with Crippen LogP contribution in [-0.4, -0.2) is 26.4 Å². The number of primary amides is 1. The number of carbonyl (C=O) groups excluding carboxylic acids is 1. The molecule has 1 aromatic rings. The largest absolute Gasteiger partial charge is 0.384 e. The second-order valence-corrected chi connectivity index (χ2v) is 8.67. The number of aryl methyl sites for hydroxylation is 1. The third-order valence-electron chi connectivity index (χ3n) is 4.53. The van der Waals surface area contributed by atoms with Crippen LogP contribution < -0.4 is 15.8 Å². The molecule has 7 heteroatoms. The van der Waals surface area contributed by atoms with Gasteiger partial charge < -0.3 is 11.1 Å². The Morgan fingerprint density at radius 2 is 2.00 bits per heavy atom. The minimum Gasteiger partial charge on any atom is -0.384 e. The fourth-order valence-electron chi connectivity index (χ4n) is 2.57. The van der Waals surface area contributed by atoms with Crippen molar-refractivity contribution in [1.29, 1.82) is 0 Å². The van der Waals surface area contributed by atoms with E-state index in [9.17, 15) is 13.2 Å². The lowest BCUT2D eigenvalue weighted by atomic mass is 10.1. The van der Waals surface area contributed by atoms with Gasteiger partial charge in [-0.05, 0) is 63.1 Å². The van der Waals surface area contributed by atoms with Crippen LogP contribution in [0.25, 0.3) is 0 Å². The normalized spacial score (nSPS) is 19.4. The highest BCUT2D eigenvalue weighted by atomic mass is 32.2. The van der Waals surface area contributed by atoms with Gasteiger partial charge in [-0.2, -0.15) is 0 Å². The minimum atomic E-state index is -3.66. The molecule has 0 aromatic heterocycles. The number of hydrogen-bond donors (Lipinski definition) is 3. The Kier molecular flexibility index (Phi) is 3.88. The van der Waals surface area contributed by atoms with E-state index in [0.717, 1.165) is 19.4 Å². The first-order valence-electron chi connectivity index (χ1n) is 7.92. The smallest absolute Gasteiger partial charge is 0.250 e. The van der Waals surface area contributed by atoms with Gasteiger partial charge in [0.25, 0.3) is 5.91 Å². The van der Waals surface area contributed by atoms with Crippen LogP contribution in [0.15, 0.2) is 17.0 Å². The molecule has 0 spiro atoms. The van der Waals surface area contributed by atoms with Crippen LogP contribution >= 0.6 is 0 Å². The number of rotatable bonds is 7. The van der Waals surface area contributed by atoms with Crippen LogP contribution in [0.3, 0.4) is 0 Å². The van der Waals surface area contributed by atoms with Crippen LogP contribution in [0.2, 0.25) is 0 Å². The molecule has 3 rings (SSSR count). The lowest BCUT2D eigenvalue weighted by molar-refractivity contribution is 0.100. The van der Waals surface area contributed by atoms with Crippen molar-refractivity contribution >= 4 is 21.6 Å². The zero-order chi connectivity index (χ0) is 16.8. The maximum absolute atomic E-state index is 12.6. The molecule has 0 radical (unpaired) electrons. The maximum Gasteiger partial charge on any atom is 0.250 e. The van der Waals surface area contributed by atoms with Gasteiger partial charge in [0.05, 0.1) is 10.5 Å². The molecule has 2 aliphatic rings. The molecule has 126 valence electrons. The summed E-state index contributed by atoms with van der Waals surface area (Å²) in [5, 5.41) is 3.22. The number of carbonyl (C=O) groups is 1. The maximum atomic E-state index is 12.6. The van der Waals surface area contributed by atoms with Gasteiger partial charge in [-0.3, -0.25) is 4.79 Å². The molecule has 23 heavy (non-hydrogen) atoms. The Bertz CT molecular complexity index is 750. The van der Waals surface area contributed by atoms with Crippen molar-refractivity contribution < 1.29 is 13.2 Å². The first kappa shape index (κ1) is 16.3. The minimum absolute atomic E-state index is 0.122. The van der Waals surface area contributed by atoms with Crippen LogP contribution in [0.4, 0.5) is 5.69 Å². The second-order valence-electron chi connectivity index (χ2n) is 7.02. The summed E-state index contributed by atoms with van der Waals surface area (Å²) in [6.07, 6.45) is 4.03. The number of nitrogens with two attached hydrogens (primary N) is 1. The third-order valence-corrected chi connectivity index (χ3v) is 6.31. The quantitative estimate of drug-likeness (QED) is 0.705. The number of nitrogens with one attached hydrogen (secondary N) is 2. The SMILES string of the molecule is Cc1cc(NCC2CC2)c(C(N)=O)cc1S(=O)(=O)NC1(C)CC1. The van der Waals surface area contributed by atoms with E-state index < -0.39 is 15.9 Å². The molecule has 4 N–H and O–H groups in total. The Balaban J connectivity index is 1.93. The van der Waals surface area contributed by atoms with E-state index in [1.54, 1.807) is 13.0 Å². The van der Waals surface area contributed by atoms with E-state index in [0.29, 0.717) is 17.2 Å². The molecule has 0 heterocycles. The fraction of sp³-hybridized carbons (Fsp3) is 0.562. The van der Waals surface area contributed by atoms with Crippen LogP contribution in [-0.2, 0) is 10.0 Å². The summed E-state index contributed by atoms with van der Waals surface area (Å²) in [7, 11) is -3.66. The van der Waals surface area contributed by atoms with E-state index in [-0.39, 0.29) is 16.0 Å². The van der Waals surface area contributed by atoms with Gasteiger partial charge in [0.2, 0.25) is 10.0 Å². The summed E-state index contributed by atoms with van der Waals surface area (Å²) in [4.78, 5) is 11.9. The summed E-state index contributed by atoms with van der Waals surface area (Å²) in [5.41, 5.74) is 6.52. The van der Waals surface area contributed by atoms with Gasteiger partial charge in [-0.25, -0.2) is 13.1 Å². The molecule has 0 atom stereocenters. The Morgan fingerprint density at radius 3 is 2.52 bits per heavy atom. The molecule has 1 amide bonds. The predicted octanol–water partition coefficient (Wildman–Crippen LogP) is 1.75. The highest BCUT2D eigenvalue weighted by Gasteiger charge is 2.41. The molecule has 2 aliphatic carbocycles. The van der Waals surface area contributed by atoms with Gasteiger partial charge in [0.15, 0.2) is 0 Å². The topological polar surface area (TPSA) is 101 Å². The Morgan fingerprint density at radius 1 is 1.35 bits per heavy atom. The summed E-state index contributed by atoms with van der Waals surface area (Å²) in [6, 6.07) is 3.09. The summed E-state index contributed by atoms with van der Waals surface area (Å²) in [6.45, 7) is 4.39. The lowest BCUT2D eigenvalue weighted by Gasteiger charge is -2.17. The average molecular weight is 337 g/mol. The highest BCUT2D eigenvalue weighted by molar-refractivity contribution is 7.89. The third kappa shape index (κ3) is 3.67. The van der Waals surface area contributed by atoms with E-state index in [4.69, 9.17) is 5.73 Å². The van der Waals surface area contributed by atoms with E-state index in [1.165, 1.54) is 18.9 Å². The molecule has 0 unspecified atom stereocenters. The first-order valence-corrected chi connectivity index (χ1v) is 9.41. The average Bonchev–Trinajstić information content (AvgIpc) is 3.34. The molecule has 0 aliphatic heterocycles. The van der Waals surface area contributed by atoms with Crippen molar-refractivity contribution in [2.45, 2.75) is 50.0 Å². The van der Waals surface area contributed by atoms with Gasteiger partial charge in [0, 0.05) is 17.8 Å². The highest BCUT2D eigenvalue weighted by Crippen LogP contribution is 2.37. The summed E-state index contributed by atoms with van der Waals surface area (Å²) in [5.74, 6) is 0.00769. The zero-order valence-electron chi connectivity index (χ0n) is 13.5. The Hall–Kier alpha value is -1.60. The van der Waals surface area contributed by atoms with Gasteiger partial charge in [0.1, 0.15) is 0 Å². The molecule has 0 saturated heterocycles. The van der Waals surface area contributed by atoms with Crippen molar-refractivity contribution in [2.24, 2.45) is 11.7 Å². The van der Waals surface area contributed by atoms with Crippen molar-refractivity contribution in [3.05, 3.63) is 23.3 Å². The molecular formula is C16H23N3O3S. The molecule has 6 nitrogen and oxygen atoms in total. The van der Waals surface area contributed by atoms with Gasteiger partial charge >= 0.3 is 0 Å². The van der Waals surface area contributed by atoms with Gasteiger partial charge in [-0.15, -0.1) is 0 Å². The van der Waals surface area contributed by atoms with Crippen molar-refractivity contribution in [1.82, 2.24) is 4.72 Å². The monoisotopic (exact) mass is 337 g/mol. The predicted molar refractivity (Wildman–Crippen MR) is 88.9 cm³/mol. The van der Waals surface area contributed by atoms with Crippen molar-refractivity contribution in [2.75, 3.05) is 11.9 Å². The van der Waals surface area contributed by atoms with Gasteiger partial charge in [-0.1, -0.05) is 0 Å². The molecule has 2 saturated carbocycles. The van der Waals surface area contributed by atoms with E-state index >= 15 is 0 Å². The standard InChI is InChI=1S/C16H23N3O3S/c1-10-7-13(18-9-11-3-4-11)12(15(17)20)8-14(10)23(21,22)19-16(2)5-6-16/h7-8,11,18-19H,3-6,9H2,1-2H3,(H2,17,20). The number of hydrogen-bond acceptors (Lipinski definition) is 4. The summed E-state index contributed by atoms with van der Waals surface area (Å²) < 4.78 is 27.9. The van der Waals surface area contributed by atoms with Crippen molar-refractivity contribution in [3.63, 3.8) is 0 Å². The number of amides is 1. The van der Waals surface area contributed by atoms with E-state index in [2.05, 4.69) is 10.0 Å². The molecule has 2 fully saturated rings. The number of sulfonamides is 1. The number of anilines is 1. The van der Waals surface area contributed by atoms with E-state index in [1.807, 2.05) is 6.92 Å². The van der Waals surface area contributed by atoms with Crippen LogP contribution in [0.1, 0.15) is 48.5 Å².